The maximum Gasteiger partial charge on any atom is 0.138 e. The number of phenols is 1. The number of rotatable bonds is 1. The quantitative estimate of drug-likeness (QED) is 0.737. The third kappa shape index (κ3) is 1.84. The van der Waals surface area contributed by atoms with E-state index in [0.717, 1.165) is 24.7 Å². The lowest BCUT2D eigenvalue weighted by Crippen LogP contribution is -2.32. The summed E-state index contributed by atoms with van der Waals surface area (Å²) < 4.78 is 0. The van der Waals surface area contributed by atoms with Crippen LogP contribution in [0.15, 0.2) is 24.3 Å². The van der Waals surface area contributed by atoms with Crippen molar-refractivity contribution in [3.05, 3.63) is 24.3 Å². The van der Waals surface area contributed by atoms with Crippen molar-refractivity contribution < 1.29 is 5.11 Å². The highest BCUT2D eigenvalue weighted by atomic mass is 16.3. The zero-order chi connectivity index (χ0) is 9.97. The number of hydrogen-bond acceptors (Lipinski definition) is 2. The van der Waals surface area contributed by atoms with Gasteiger partial charge in [-0.2, -0.15) is 0 Å². The van der Waals surface area contributed by atoms with Crippen molar-refractivity contribution in [1.29, 1.82) is 0 Å². The normalized spacial score (nSPS) is 18.5. The Morgan fingerprint density at radius 1 is 1.21 bits per heavy atom. The van der Waals surface area contributed by atoms with Crippen LogP contribution in [0, 0.1) is 5.92 Å². The molecule has 1 saturated heterocycles. The maximum absolute atomic E-state index is 9.69. The van der Waals surface area contributed by atoms with Crippen LogP contribution in [-0.4, -0.2) is 18.2 Å². The lowest BCUT2D eigenvalue weighted by atomic mass is 9.99. The molecule has 1 N–H and O–H groups in total. The Morgan fingerprint density at radius 3 is 2.50 bits per heavy atom. The molecule has 1 aromatic carbocycles. The lowest BCUT2D eigenvalue weighted by molar-refractivity contribution is 0.428. The van der Waals surface area contributed by atoms with Crippen molar-refractivity contribution in [2.24, 2.45) is 5.92 Å². The van der Waals surface area contributed by atoms with Crippen molar-refractivity contribution in [1.82, 2.24) is 0 Å². The first-order valence-corrected chi connectivity index (χ1v) is 5.30. The minimum absolute atomic E-state index is 0.405. The molecule has 2 nitrogen and oxygen atoms in total. The van der Waals surface area contributed by atoms with Crippen LogP contribution in [0.25, 0.3) is 0 Å². The molecule has 0 spiro atoms. The third-order valence-electron chi connectivity index (χ3n) is 3.01. The van der Waals surface area contributed by atoms with Gasteiger partial charge in [-0.05, 0) is 30.9 Å². The summed E-state index contributed by atoms with van der Waals surface area (Å²) in [7, 11) is 0. The first kappa shape index (κ1) is 9.38. The van der Waals surface area contributed by atoms with Crippen molar-refractivity contribution in [3.8, 4) is 5.75 Å². The van der Waals surface area contributed by atoms with E-state index in [4.69, 9.17) is 0 Å². The van der Waals surface area contributed by atoms with Crippen molar-refractivity contribution >= 4 is 5.69 Å². The van der Waals surface area contributed by atoms with Gasteiger partial charge in [0.15, 0.2) is 0 Å². The Bertz CT molecular complexity index is 303. The Hall–Kier alpha value is -1.18. The SMILES string of the molecule is CC1CCN(c2ccccc2O)CC1. The molecule has 1 aliphatic heterocycles. The number of hydrogen-bond donors (Lipinski definition) is 1. The van der Waals surface area contributed by atoms with Gasteiger partial charge >= 0.3 is 0 Å². The summed E-state index contributed by atoms with van der Waals surface area (Å²) in [6, 6.07) is 7.59. The van der Waals surface area contributed by atoms with Gasteiger partial charge in [-0.25, -0.2) is 0 Å². The summed E-state index contributed by atoms with van der Waals surface area (Å²) in [6.07, 6.45) is 2.46. The topological polar surface area (TPSA) is 23.5 Å². The predicted octanol–water partition coefficient (Wildman–Crippen LogP) is 2.63. The van der Waals surface area contributed by atoms with Crippen LogP contribution in [0.3, 0.4) is 0 Å². The van der Waals surface area contributed by atoms with E-state index >= 15 is 0 Å². The van der Waals surface area contributed by atoms with E-state index in [0.29, 0.717) is 5.75 Å². The number of nitrogens with zero attached hydrogens (tertiary/aromatic N) is 1. The fourth-order valence-corrected chi connectivity index (χ4v) is 1.98. The highest BCUT2D eigenvalue weighted by Crippen LogP contribution is 2.29. The maximum atomic E-state index is 9.69. The fraction of sp³-hybridized carbons (Fsp3) is 0.500. The van der Waals surface area contributed by atoms with Crippen molar-refractivity contribution in [3.63, 3.8) is 0 Å². The number of aromatic hydroxyl groups is 1. The first-order valence-electron chi connectivity index (χ1n) is 5.30. The highest BCUT2D eigenvalue weighted by Gasteiger charge is 2.17. The monoisotopic (exact) mass is 191 g/mol. The molecule has 0 aliphatic carbocycles. The van der Waals surface area contributed by atoms with Gasteiger partial charge in [0.2, 0.25) is 0 Å². The van der Waals surface area contributed by atoms with Crippen LogP contribution in [-0.2, 0) is 0 Å². The number of piperidine rings is 1. The molecular formula is C12H17NO. The molecule has 0 unspecified atom stereocenters. The molecule has 0 aromatic heterocycles. The molecule has 76 valence electrons. The van der Waals surface area contributed by atoms with Crippen molar-refractivity contribution in [2.45, 2.75) is 19.8 Å². The van der Waals surface area contributed by atoms with E-state index in [1.807, 2.05) is 18.2 Å². The fourth-order valence-electron chi connectivity index (χ4n) is 1.98. The van der Waals surface area contributed by atoms with Gasteiger partial charge in [0.25, 0.3) is 0 Å². The summed E-state index contributed by atoms with van der Waals surface area (Å²) in [5, 5.41) is 9.69. The minimum Gasteiger partial charge on any atom is -0.506 e. The second kappa shape index (κ2) is 3.91. The Morgan fingerprint density at radius 2 is 1.86 bits per heavy atom. The predicted molar refractivity (Wildman–Crippen MR) is 58.7 cm³/mol. The molecule has 0 bridgehead atoms. The van der Waals surface area contributed by atoms with Gasteiger partial charge in [0.1, 0.15) is 5.75 Å². The first-order chi connectivity index (χ1) is 6.77. The van der Waals surface area contributed by atoms with E-state index in [1.165, 1.54) is 12.8 Å². The molecule has 0 saturated carbocycles. The summed E-state index contributed by atoms with van der Waals surface area (Å²) in [5.74, 6) is 1.24. The number of benzene rings is 1. The Balaban J connectivity index is 2.12. The smallest absolute Gasteiger partial charge is 0.138 e. The lowest BCUT2D eigenvalue weighted by Gasteiger charge is -2.32. The molecule has 0 amide bonds. The number of phenolic OH excluding ortho intramolecular Hbond substituents is 1. The summed E-state index contributed by atoms with van der Waals surface area (Å²) in [6.45, 7) is 4.43. The van der Waals surface area contributed by atoms with Crippen LogP contribution in [0.2, 0.25) is 0 Å². The molecule has 1 aromatic rings. The largest absolute Gasteiger partial charge is 0.506 e. The Kier molecular flexibility index (Phi) is 2.62. The average molecular weight is 191 g/mol. The molecule has 1 fully saturated rings. The molecule has 1 heterocycles. The van der Waals surface area contributed by atoms with E-state index < -0.39 is 0 Å². The minimum atomic E-state index is 0.405. The second-order valence-electron chi connectivity index (χ2n) is 4.16. The van der Waals surface area contributed by atoms with E-state index in [1.54, 1.807) is 6.07 Å². The molecule has 14 heavy (non-hydrogen) atoms. The van der Waals surface area contributed by atoms with Gasteiger partial charge in [-0.15, -0.1) is 0 Å². The Labute approximate surface area is 85.2 Å². The standard InChI is InChI=1S/C12H17NO/c1-10-6-8-13(9-7-10)11-4-2-3-5-12(11)14/h2-5,10,14H,6-9H2,1H3. The van der Waals surface area contributed by atoms with Crippen LogP contribution < -0.4 is 4.90 Å². The van der Waals surface area contributed by atoms with E-state index in [9.17, 15) is 5.11 Å². The summed E-state index contributed by atoms with van der Waals surface area (Å²) >= 11 is 0. The molecular weight excluding hydrogens is 174 g/mol. The van der Waals surface area contributed by atoms with E-state index in [2.05, 4.69) is 11.8 Å². The van der Waals surface area contributed by atoms with Crippen LogP contribution in [0.5, 0.6) is 5.75 Å². The number of anilines is 1. The van der Waals surface area contributed by atoms with Crippen LogP contribution in [0.4, 0.5) is 5.69 Å². The summed E-state index contributed by atoms with van der Waals surface area (Å²) in [4.78, 5) is 2.27. The van der Waals surface area contributed by atoms with Gasteiger partial charge in [0, 0.05) is 13.1 Å². The summed E-state index contributed by atoms with van der Waals surface area (Å²) in [5.41, 5.74) is 0.986. The van der Waals surface area contributed by atoms with Crippen LogP contribution >= 0.6 is 0 Å². The molecule has 2 heteroatoms. The van der Waals surface area contributed by atoms with E-state index in [-0.39, 0.29) is 0 Å². The van der Waals surface area contributed by atoms with Gasteiger partial charge in [-0.1, -0.05) is 19.1 Å². The molecule has 0 atom stereocenters. The average Bonchev–Trinajstić information content (AvgIpc) is 2.20. The number of para-hydroxylation sites is 2. The second-order valence-corrected chi connectivity index (χ2v) is 4.16. The zero-order valence-electron chi connectivity index (χ0n) is 8.61. The van der Waals surface area contributed by atoms with Gasteiger partial charge < -0.3 is 10.0 Å². The van der Waals surface area contributed by atoms with Crippen molar-refractivity contribution in [2.75, 3.05) is 18.0 Å². The van der Waals surface area contributed by atoms with Gasteiger partial charge in [-0.3, -0.25) is 0 Å². The zero-order valence-corrected chi connectivity index (χ0v) is 8.61. The third-order valence-corrected chi connectivity index (χ3v) is 3.01. The van der Waals surface area contributed by atoms with Crippen LogP contribution in [0.1, 0.15) is 19.8 Å². The molecule has 1 aliphatic rings. The highest BCUT2D eigenvalue weighted by molar-refractivity contribution is 5.57. The molecule has 0 radical (unpaired) electrons. The molecule has 2 rings (SSSR count). The van der Waals surface area contributed by atoms with Gasteiger partial charge in [0.05, 0.1) is 5.69 Å².